The standard InChI is InChI=1S/C19H41O6P.C3H8O3.2Na/c1-2-3-4-5-6-7-8-9-10-11-12-13-14-15-16-24-17-19(20)18-25-26(21,22)23;4-1-3(6)2-5;;/h19-20H,2-18H2,1H3,(H2,21,22,23);3-6H,1-2H2;;/q;;2*+1/p-2. The molecule has 0 aliphatic heterocycles. The molecular weight excluding hydrogens is 485 g/mol. The van der Waals surface area contributed by atoms with Crippen LogP contribution in [0.2, 0.25) is 0 Å². The molecule has 0 spiro atoms. The zero-order valence-electron chi connectivity index (χ0n) is 21.9. The fraction of sp³-hybridized carbons (Fsp3) is 1.00. The van der Waals surface area contributed by atoms with Crippen LogP contribution in [0.3, 0.4) is 0 Å². The smallest absolute Gasteiger partial charge is 0.790 e. The minimum atomic E-state index is -5.01. The third kappa shape index (κ3) is 41.1. The van der Waals surface area contributed by atoms with E-state index in [1.807, 2.05) is 0 Å². The summed E-state index contributed by atoms with van der Waals surface area (Å²) in [4.78, 5) is 20.5. The molecule has 0 saturated heterocycles. The summed E-state index contributed by atoms with van der Waals surface area (Å²) < 4.78 is 19.5. The van der Waals surface area contributed by atoms with Gasteiger partial charge in [-0.25, -0.2) is 0 Å². The first-order valence-electron chi connectivity index (χ1n) is 12.1. The van der Waals surface area contributed by atoms with Gasteiger partial charge in [-0.1, -0.05) is 90.4 Å². The summed E-state index contributed by atoms with van der Waals surface area (Å²) in [5, 5.41) is 33.4. The summed E-state index contributed by atoms with van der Waals surface area (Å²) in [6, 6.07) is 0. The minimum Gasteiger partial charge on any atom is -0.790 e. The van der Waals surface area contributed by atoms with Gasteiger partial charge in [-0.2, -0.15) is 0 Å². The largest absolute Gasteiger partial charge is 1.00 e. The van der Waals surface area contributed by atoms with Crippen molar-refractivity contribution in [2.45, 2.75) is 109 Å². The van der Waals surface area contributed by atoms with Crippen molar-refractivity contribution in [3.8, 4) is 0 Å². The van der Waals surface area contributed by atoms with Crippen LogP contribution in [-0.4, -0.2) is 65.7 Å². The van der Waals surface area contributed by atoms with Crippen molar-refractivity contribution in [2.24, 2.45) is 0 Å². The molecule has 9 nitrogen and oxygen atoms in total. The van der Waals surface area contributed by atoms with Crippen molar-refractivity contribution in [1.82, 2.24) is 0 Å². The number of hydrogen-bond donors (Lipinski definition) is 4. The number of hydrogen-bond acceptors (Lipinski definition) is 9. The van der Waals surface area contributed by atoms with Gasteiger partial charge in [-0.15, -0.1) is 0 Å². The molecule has 0 aliphatic carbocycles. The second-order valence-corrected chi connectivity index (χ2v) is 9.24. The van der Waals surface area contributed by atoms with Gasteiger partial charge in [-0.3, -0.25) is 0 Å². The fourth-order valence-corrected chi connectivity index (χ4v) is 3.26. The number of rotatable bonds is 22. The number of unbranched alkanes of at least 4 members (excludes halogenated alkanes) is 13. The molecule has 0 fully saturated rings. The average Bonchev–Trinajstić information content (AvgIpc) is 2.76. The SMILES string of the molecule is CCCCCCCCCCCCCCCCOCC(O)COP(=O)([O-])[O-].OCC(O)CO.[Na+].[Na+]. The van der Waals surface area contributed by atoms with E-state index in [2.05, 4.69) is 11.4 Å². The van der Waals surface area contributed by atoms with Gasteiger partial charge in [0.05, 0.1) is 34.3 Å². The molecule has 0 saturated carbocycles. The van der Waals surface area contributed by atoms with E-state index in [0.717, 1.165) is 12.8 Å². The van der Waals surface area contributed by atoms with Gasteiger partial charge in [-0.05, 0) is 6.42 Å². The van der Waals surface area contributed by atoms with E-state index in [9.17, 15) is 19.5 Å². The molecule has 1 atom stereocenters. The molecule has 0 amide bonds. The molecule has 0 rings (SSSR count). The maximum Gasteiger partial charge on any atom is 1.00 e. The molecule has 0 heterocycles. The molecule has 0 aliphatic rings. The van der Waals surface area contributed by atoms with Crippen molar-refractivity contribution in [2.75, 3.05) is 33.0 Å². The van der Waals surface area contributed by atoms with Gasteiger partial charge in [0.1, 0.15) is 12.2 Å². The molecule has 12 heteroatoms. The van der Waals surface area contributed by atoms with E-state index in [1.165, 1.54) is 77.0 Å². The Morgan fingerprint density at radius 3 is 1.38 bits per heavy atom. The third-order valence-corrected chi connectivity index (χ3v) is 5.26. The molecule has 0 radical (unpaired) electrons. The second kappa shape index (κ2) is 32.9. The monoisotopic (exact) mass is 532 g/mol. The van der Waals surface area contributed by atoms with E-state index in [1.54, 1.807) is 0 Å². The molecule has 0 aromatic rings. The van der Waals surface area contributed by atoms with Crippen molar-refractivity contribution in [1.29, 1.82) is 0 Å². The normalized spacial score (nSPS) is 11.9. The van der Waals surface area contributed by atoms with Crippen LogP contribution in [-0.2, 0) is 13.8 Å². The van der Waals surface area contributed by atoms with Crippen LogP contribution in [0.1, 0.15) is 96.8 Å². The topological polar surface area (TPSA) is 163 Å². The van der Waals surface area contributed by atoms with Gasteiger partial charge in [0.2, 0.25) is 0 Å². The summed E-state index contributed by atoms with van der Waals surface area (Å²) in [6.45, 7) is 1.50. The zero-order valence-corrected chi connectivity index (χ0v) is 26.8. The van der Waals surface area contributed by atoms with Crippen molar-refractivity contribution in [3.05, 3.63) is 0 Å². The van der Waals surface area contributed by atoms with Crippen molar-refractivity contribution < 1.29 is 103 Å². The Labute approximate surface area is 251 Å². The van der Waals surface area contributed by atoms with Crippen molar-refractivity contribution >= 4 is 7.82 Å². The van der Waals surface area contributed by atoms with E-state index < -0.39 is 26.6 Å². The number of aliphatic hydroxyl groups excluding tert-OH is 4. The molecule has 34 heavy (non-hydrogen) atoms. The van der Waals surface area contributed by atoms with Gasteiger partial charge >= 0.3 is 59.1 Å². The van der Waals surface area contributed by atoms with E-state index in [0.29, 0.717) is 6.61 Å². The number of aliphatic hydroxyl groups is 4. The predicted octanol–water partition coefficient (Wildman–Crippen LogP) is -3.97. The Balaban J connectivity index is -0.000000496. The van der Waals surface area contributed by atoms with Crippen LogP contribution in [0.4, 0.5) is 0 Å². The van der Waals surface area contributed by atoms with E-state index in [-0.39, 0.29) is 78.9 Å². The van der Waals surface area contributed by atoms with Crippen LogP contribution in [0.15, 0.2) is 0 Å². The Morgan fingerprint density at radius 2 is 1.06 bits per heavy atom. The second-order valence-electron chi connectivity index (χ2n) is 8.09. The average molecular weight is 533 g/mol. The van der Waals surface area contributed by atoms with Crippen LogP contribution in [0.5, 0.6) is 0 Å². The summed E-state index contributed by atoms with van der Waals surface area (Å²) >= 11 is 0. The quantitative estimate of drug-likeness (QED) is 0.0619. The summed E-state index contributed by atoms with van der Waals surface area (Å²) in [7, 11) is -5.01. The molecular formula is C22H47Na2O9P. The first kappa shape index (κ1) is 43.0. The van der Waals surface area contributed by atoms with Crippen LogP contribution in [0.25, 0.3) is 0 Å². The molecule has 1 unspecified atom stereocenters. The van der Waals surface area contributed by atoms with Crippen LogP contribution >= 0.6 is 7.82 Å². The minimum absolute atomic E-state index is 0. The Hall–Kier alpha value is 1.91. The first-order valence-corrected chi connectivity index (χ1v) is 13.5. The number of phosphoric acid groups is 1. The summed E-state index contributed by atoms with van der Waals surface area (Å²) in [5.41, 5.74) is 0. The maximum atomic E-state index is 10.3. The fourth-order valence-electron chi connectivity index (χ4n) is 2.90. The van der Waals surface area contributed by atoms with E-state index >= 15 is 0 Å². The van der Waals surface area contributed by atoms with Crippen LogP contribution in [0, 0.1) is 0 Å². The summed E-state index contributed by atoms with van der Waals surface area (Å²) in [6.07, 6.45) is 16.1. The van der Waals surface area contributed by atoms with Crippen LogP contribution < -0.4 is 68.9 Å². The Kier molecular flexibility index (Phi) is 41.6. The maximum absolute atomic E-state index is 10.3. The molecule has 196 valence electrons. The molecule has 4 N–H and O–H groups in total. The summed E-state index contributed by atoms with van der Waals surface area (Å²) in [5.74, 6) is 0. The molecule has 0 bridgehead atoms. The Bertz CT molecular complexity index is 414. The van der Waals surface area contributed by atoms with Gasteiger partial charge in [0.15, 0.2) is 0 Å². The van der Waals surface area contributed by atoms with Gasteiger partial charge in [0.25, 0.3) is 0 Å². The Morgan fingerprint density at radius 1 is 0.676 bits per heavy atom. The number of ether oxygens (including phenoxy) is 1. The molecule has 0 aromatic carbocycles. The first-order chi connectivity index (χ1) is 15.3. The predicted molar refractivity (Wildman–Crippen MR) is 121 cm³/mol. The molecule has 0 aromatic heterocycles. The number of phosphoric ester groups is 1. The van der Waals surface area contributed by atoms with E-state index in [4.69, 9.17) is 20.1 Å². The van der Waals surface area contributed by atoms with Gasteiger partial charge < -0.3 is 44.0 Å². The van der Waals surface area contributed by atoms with Gasteiger partial charge in [0, 0.05) is 6.61 Å². The third-order valence-electron chi connectivity index (χ3n) is 4.80. The van der Waals surface area contributed by atoms with Crippen molar-refractivity contribution in [3.63, 3.8) is 0 Å². The zero-order chi connectivity index (χ0) is 24.5.